The van der Waals surface area contributed by atoms with E-state index in [9.17, 15) is 4.79 Å². The summed E-state index contributed by atoms with van der Waals surface area (Å²) >= 11 is 0. The Hall–Kier alpha value is -3.87. The number of carbonyl (C=O) groups excluding carboxylic acids is 1. The molecule has 0 unspecified atom stereocenters. The predicted octanol–water partition coefficient (Wildman–Crippen LogP) is 4.25. The molecule has 3 rings (SSSR count). The van der Waals surface area contributed by atoms with Crippen LogP contribution in [-0.2, 0) is 4.79 Å². The number of rotatable bonds is 9. The lowest BCUT2D eigenvalue weighted by atomic mass is 9.91. The summed E-state index contributed by atoms with van der Waals surface area (Å²) in [6, 6.07) is 17.5. The van der Waals surface area contributed by atoms with Crippen LogP contribution in [0.1, 0.15) is 31.2 Å². The van der Waals surface area contributed by atoms with E-state index in [1.165, 1.54) is 6.08 Å². The molecule has 0 radical (unpaired) electrons. The molecule has 0 bridgehead atoms. The van der Waals surface area contributed by atoms with Crippen LogP contribution in [0.5, 0.6) is 11.5 Å². The lowest BCUT2D eigenvalue weighted by Gasteiger charge is -2.31. The van der Waals surface area contributed by atoms with Gasteiger partial charge in [0.25, 0.3) is 0 Å². The Labute approximate surface area is 195 Å². The molecule has 7 heteroatoms. The van der Waals surface area contributed by atoms with Crippen molar-refractivity contribution in [2.75, 3.05) is 7.05 Å². The molecule has 1 aliphatic carbocycles. The fraction of sp³-hybridized carbons (Fsp3) is 0.269. The molecular formula is C26H31N5O2. The smallest absolute Gasteiger partial charge is 0.243 e. The number of benzene rings is 2. The summed E-state index contributed by atoms with van der Waals surface area (Å²) in [5, 5.41) is 18.1. The first-order valence-electron chi connectivity index (χ1n) is 11.0. The Morgan fingerprint density at radius 3 is 2.12 bits per heavy atom. The average molecular weight is 446 g/mol. The number of ether oxygens (including phenoxy) is 1. The molecule has 0 atom stereocenters. The van der Waals surface area contributed by atoms with Crippen molar-refractivity contribution < 1.29 is 9.53 Å². The quantitative estimate of drug-likeness (QED) is 0.263. The first kappa shape index (κ1) is 23.8. The van der Waals surface area contributed by atoms with E-state index in [4.69, 9.17) is 10.1 Å². The zero-order valence-electron chi connectivity index (χ0n) is 18.9. The molecule has 33 heavy (non-hydrogen) atoms. The minimum absolute atomic E-state index is 0.0792. The fourth-order valence-electron chi connectivity index (χ4n) is 3.91. The van der Waals surface area contributed by atoms with Crippen LogP contribution in [0.4, 0.5) is 0 Å². The summed E-state index contributed by atoms with van der Waals surface area (Å²) < 4.78 is 5.88. The molecule has 0 aromatic heterocycles. The highest BCUT2D eigenvalue weighted by atomic mass is 16.5. The lowest BCUT2D eigenvalue weighted by Crippen LogP contribution is -2.43. The number of aliphatic imine (C=N–C) groups is 1. The Kier molecular flexibility index (Phi) is 8.41. The Bertz CT molecular complexity index is 1010. The molecule has 1 aliphatic rings. The van der Waals surface area contributed by atoms with Crippen LogP contribution in [0.15, 0.2) is 78.1 Å². The van der Waals surface area contributed by atoms with Gasteiger partial charge in [-0.15, -0.1) is 0 Å². The number of nitrogens with one attached hydrogen (secondary N) is 4. The summed E-state index contributed by atoms with van der Waals surface area (Å²) in [6.07, 6.45) is 4.87. The standard InChI is InChI=1S/C26H31N5O2/c1-4-23(32)30-19-12-14-20(15-13-19)31-26(29-3)24(25(27)28-2)18-10-16-22(17-11-18)33-21-8-6-5-7-9-21/h4-11,16-17,19-20,27,29,31H,1-2,12-15H2,3H3,(H,30,32). The number of carbonyl (C=O) groups is 1. The minimum Gasteiger partial charge on any atom is -0.457 e. The van der Waals surface area contributed by atoms with Gasteiger partial charge >= 0.3 is 0 Å². The van der Waals surface area contributed by atoms with Gasteiger partial charge in [-0.25, -0.2) is 4.99 Å². The summed E-state index contributed by atoms with van der Waals surface area (Å²) in [7, 11) is 1.82. The summed E-state index contributed by atoms with van der Waals surface area (Å²) in [5.74, 6) is 2.15. The van der Waals surface area contributed by atoms with E-state index in [1.54, 1.807) is 0 Å². The Morgan fingerprint density at radius 2 is 1.58 bits per heavy atom. The van der Waals surface area contributed by atoms with Crippen LogP contribution in [0.2, 0.25) is 0 Å². The molecule has 2 aromatic carbocycles. The number of hydrogen-bond donors (Lipinski definition) is 4. The molecule has 0 aliphatic heterocycles. The lowest BCUT2D eigenvalue weighted by molar-refractivity contribution is -0.117. The van der Waals surface area contributed by atoms with Crippen molar-refractivity contribution in [2.45, 2.75) is 37.8 Å². The van der Waals surface area contributed by atoms with E-state index in [1.807, 2.05) is 61.6 Å². The minimum atomic E-state index is -0.130. The van der Waals surface area contributed by atoms with Crippen molar-refractivity contribution >= 4 is 24.0 Å². The fourth-order valence-corrected chi connectivity index (χ4v) is 3.91. The van der Waals surface area contributed by atoms with E-state index in [2.05, 4.69) is 34.2 Å². The summed E-state index contributed by atoms with van der Waals surface area (Å²) in [6.45, 7) is 7.06. The molecule has 0 spiro atoms. The van der Waals surface area contributed by atoms with E-state index in [0.717, 1.165) is 42.8 Å². The predicted molar refractivity (Wildman–Crippen MR) is 134 cm³/mol. The highest BCUT2D eigenvalue weighted by molar-refractivity contribution is 6.23. The van der Waals surface area contributed by atoms with Gasteiger partial charge in [-0.1, -0.05) is 36.9 Å². The topological polar surface area (TPSA) is 98.6 Å². The van der Waals surface area contributed by atoms with Gasteiger partial charge in [0.15, 0.2) is 5.84 Å². The Balaban J connectivity index is 1.75. The number of hydrogen-bond acceptors (Lipinski definition) is 5. The van der Waals surface area contributed by atoms with Crippen LogP contribution < -0.4 is 20.7 Å². The highest BCUT2D eigenvalue weighted by Gasteiger charge is 2.24. The third kappa shape index (κ3) is 6.55. The maximum absolute atomic E-state index is 11.6. The normalized spacial score (nSPS) is 18.3. The molecule has 2 aromatic rings. The second-order valence-electron chi connectivity index (χ2n) is 7.85. The van der Waals surface area contributed by atoms with Gasteiger partial charge in [-0.3, -0.25) is 10.2 Å². The zero-order chi connectivity index (χ0) is 23.6. The van der Waals surface area contributed by atoms with E-state index in [-0.39, 0.29) is 23.8 Å². The van der Waals surface area contributed by atoms with Gasteiger partial charge in [0.1, 0.15) is 17.3 Å². The number of para-hydroxylation sites is 1. The van der Waals surface area contributed by atoms with Gasteiger partial charge in [0.05, 0.1) is 5.57 Å². The molecule has 0 saturated heterocycles. The van der Waals surface area contributed by atoms with E-state index < -0.39 is 0 Å². The van der Waals surface area contributed by atoms with Crippen molar-refractivity contribution in [2.24, 2.45) is 4.99 Å². The summed E-state index contributed by atoms with van der Waals surface area (Å²) in [5.41, 5.74) is 1.47. The maximum Gasteiger partial charge on any atom is 0.243 e. The summed E-state index contributed by atoms with van der Waals surface area (Å²) in [4.78, 5) is 15.4. The van der Waals surface area contributed by atoms with Crippen LogP contribution in [0.25, 0.3) is 5.57 Å². The maximum atomic E-state index is 11.6. The van der Waals surface area contributed by atoms with Crippen LogP contribution in [0, 0.1) is 5.41 Å². The second kappa shape index (κ2) is 11.7. The molecule has 7 nitrogen and oxygen atoms in total. The SMILES string of the molecule is C=CC(=O)NC1CCC(NC(NC)=C(C(=N)N=C)c2ccc(Oc3ccccc3)cc2)CC1. The van der Waals surface area contributed by atoms with Gasteiger partial charge < -0.3 is 20.7 Å². The van der Waals surface area contributed by atoms with Crippen LogP contribution >= 0.6 is 0 Å². The largest absolute Gasteiger partial charge is 0.457 e. The van der Waals surface area contributed by atoms with Crippen LogP contribution in [-0.4, -0.2) is 37.6 Å². The van der Waals surface area contributed by atoms with Crippen molar-refractivity contribution in [1.29, 1.82) is 5.41 Å². The van der Waals surface area contributed by atoms with Crippen LogP contribution in [0.3, 0.4) is 0 Å². The highest BCUT2D eigenvalue weighted by Crippen LogP contribution is 2.26. The first-order chi connectivity index (χ1) is 16.0. The van der Waals surface area contributed by atoms with Gasteiger partial charge in [-0.2, -0.15) is 0 Å². The molecule has 172 valence electrons. The third-order valence-electron chi connectivity index (χ3n) is 5.62. The molecule has 1 saturated carbocycles. The number of amides is 1. The van der Waals surface area contributed by atoms with Crippen molar-refractivity contribution in [3.8, 4) is 11.5 Å². The van der Waals surface area contributed by atoms with Gasteiger partial charge in [0.2, 0.25) is 5.91 Å². The number of nitrogens with zero attached hydrogens (tertiary/aromatic N) is 1. The van der Waals surface area contributed by atoms with Crippen molar-refractivity contribution in [3.63, 3.8) is 0 Å². The zero-order valence-corrected chi connectivity index (χ0v) is 18.9. The van der Waals surface area contributed by atoms with Crippen molar-refractivity contribution in [3.05, 3.63) is 78.6 Å². The molecular weight excluding hydrogens is 414 g/mol. The first-order valence-corrected chi connectivity index (χ1v) is 11.0. The third-order valence-corrected chi connectivity index (χ3v) is 5.62. The molecule has 1 amide bonds. The van der Waals surface area contributed by atoms with E-state index >= 15 is 0 Å². The van der Waals surface area contributed by atoms with E-state index in [0.29, 0.717) is 11.3 Å². The molecule has 0 heterocycles. The van der Waals surface area contributed by atoms with Gasteiger partial charge in [0, 0.05) is 19.1 Å². The monoisotopic (exact) mass is 445 g/mol. The van der Waals surface area contributed by atoms with Crippen molar-refractivity contribution in [1.82, 2.24) is 16.0 Å². The number of amidine groups is 1. The molecule has 1 fully saturated rings. The molecule has 4 N–H and O–H groups in total. The average Bonchev–Trinajstić information content (AvgIpc) is 2.86. The Morgan fingerprint density at radius 1 is 1.00 bits per heavy atom. The second-order valence-corrected chi connectivity index (χ2v) is 7.85. The van der Waals surface area contributed by atoms with Gasteiger partial charge in [-0.05, 0) is 68.3 Å².